The highest BCUT2D eigenvalue weighted by Gasteiger charge is 2.23. The molecule has 0 aliphatic heterocycles. The first-order chi connectivity index (χ1) is 9.31. The number of urea groups is 1. The summed E-state index contributed by atoms with van der Waals surface area (Å²) in [6, 6.07) is 4.25. The van der Waals surface area contributed by atoms with Crippen molar-refractivity contribution in [3.63, 3.8) is 0 Å². The SMILES string of the molecule is CC(C)C(NC(N)=O)C(=O)Nc1cccc(C(=O)O)c1. The average Bonchev–Trinajstić information content (AvgIpc) is 2.35. The summed E-state index contributed by atoms with van der Waals surface area (Å²) >= 11 is 0. The Labute approximate surface area is 116 Å². The Balaban J connectivity index is 2.85. The first-order valence-corrected chi connectivity index (χ1v) is 6.01. The molecule has 0 bridgehead atoms. The maximum atomic E-state index is 12.0. The van der Waals surface area contributed by atoms with E-state index < -0.39 is 23.9 Å². The van der Waals surface area contributed by atoms with E-state index in [4.69, 9.17) is 10.8 Å². The minimum atomic E-state index is -1.09. The molecule has 20 heavy (non-hydrogen) atoms. The van der Waals surface area contributed by atoms with E-state index in [1.54, 1.807) is 19.9 Å². The molecule has 1 rings (SSSR count). The predicted molar refractivity (Wildman–Crippen MR) is 73.4 cm³/mol. The monoisotopic (exact) mass is 279 g/mol. The molecule has 1 atom stereocenters. The topological polar surface area (TPSA) is 122 Å². The normalized spacial score (nSPS) is 11.8. The van der Waals surface area contributed by atoms with Crippen molar-refractivity contribution in [2.45, 2.75) is 19.9 Å². The third-order valence-corrected chi connectivity index (χ3v) is 2.62. The van der Waals surface area contributed by atoms with Gasteiger partial charge in [0.15, 0.2) is 0 Å². The second kappa shape index (κ2) is 6.55. The summed E-state index contributed by atoms with van der Waals surface area (Å²) in [5, 5.41) is 13.8. The molecule has 7 heteroatoms. The van der Waals surface area contributed by atoms with E-state index in [0.717, 1.165) is 0 Å². The molecule has 0 radical (unpaired) electrons. The van der Waals surface area contributed by atoms with Gasteiger partial charge in [0, 0.05) is 5.69 Å². The number of hydrogen-bond donors (Lipinski definition) is 4. The summed E-state index contributed by atoms with van der Waals surface area (Å²) < 4.78 is 0. The number of carbonyl (C=O) groups excluding carboxylic acids is 2. The molecule has 1 aromatic rings. The van der Waals surface area contributed by atoms with Crippen molar-refractivity contribution < 1.29 is 19.5 Å². The zero-order valence-corrected chi connectivity index (χ0v) is 11.2. The lowest BCUT2D eigenvalue weighted by Crippen LogP contribution is -2.49. The number of carbonyl (C=O) groups is 3. The van der Waals surface area contributed by atoms with Gasteiger partial charge in [-0.25, -0.2) is 9.59 Å². The molecule has 1 unspecified atom stereocenters. The van der Waals surface area contributed by atoms with Gasteiger partial charge in [-0.3, -0.25) is 4.79 Å². The number of rotatable bonds is 5. The van der Waals surface area contributed by atoms with E-state index in [1.807, 2.05) is 0 Å². The van der Waals surface area contributed by atoms with E-state index >= 15 is 0 Å². The van der Waals surface area contributed by atoms with Gasteiger partial charge in [0.1, 0.15) is 6.04 Å². The largest absolute Gasteiger partial charge is 0.478 e. The molecule has 0 heterocycles. The van der Waals surface area contributed by atoms with Gasteiger partial charge in [-0.2, -0.15) is 0 Å². The molecular formula is C13H17N3O4. The van der Waals surface area contributed by atoms with Crippen LogP contribution in [0.2, 0.25) is 0 Å². The fourth-order valence-electron chi connectivity index (χ4n) is 1.64. The number of benzene rings is 1. The highest BCUT2D eigenvalue weighted by atomic mass is 16.4. The van der Waals surface area contributed by atoms with Gasteiger partial charge >= 0.3 is 12.0 Å². The number of carboxylic acids is 1. The summed E-state index contributed by atoms with van der Waals surface area (Å²) in [6.07, 6.45) is 0. The van der Waals surface area contributed by atoms with Crippen LogP contribution in [0.5, 0.6) is 0 Å². The van der Waals surface area contributed by atoms with Crippen LogP contribution < -0.4 is 16.4 Å². The molecule has 7 nitrogen and oxygen atoms in total. The highest BCUT2D eigenvalue weighted by molar-refractivity contribution is 5.98. The quantitative estimate of drug-likeness (QED) is 0.642. The van der Waals surface area contributed by atoms with Crippen molar-refractivity contribution >= 4 is 23.6 Å². The molecule has 0 aromatic heterocycles. The highest BCUT2D eigenvalue weighted by Crippen LogP contribution is 2.12. The smallest absolute Gasteiger partial charge is 0.335 e. The summed E-state index contributed by atoms with van der Waals surface area (Å²) in [5.74, 6) is -1.71. The van der Waals surface area contributed by atoms with Crippen LogP contribution in [0.1, 0.15) is 24.2 Å². The van der Waals surface area contributed by atoms with Crippen molar-refractivity contribution in [2.75, 3.05) is 5.32 Å². The Hall–Kier alpha value is -2.57. The van der Waals surface area contributed by atoms with Crippen molar-refractivity contribution in [3.05, 3.63) is 29.8 Å². The average molecular weight is 279 g/mol. The molecule has 1 aromatic carbocycles. The zero-order chi connectivity index (χ0) is 15.3. The van der Waals surface area contributed by atoms with Gasteiger partial charge in [-0.05, 0) is 24.1 Å². The van der Waals surface area contributed by atoms with Crippen molar-refractivity contribution in [1.82, 2.24) is 5.32 Å². The van der Waals surface area contributed by atoms with E-state index in [0.29, 0.717) is 5.69 Å². The van der Waals surface area contributed by atoms with Gasteiger partial charge in [-0.15, -0.1) is 0 Å². The van der Waals surface area contributed by atoms with Crippen LogP contribution in [0, 0.1) is 5.92 Å². The van der Waals surface area contributed by atoms with Gasteiger partial charge in [0.05, 0.1) is 5.56 Å². The van der Waals surface area contributed by atoms with Gasteiger partial charge < -0.3 is 21.5 Å². The van der Waals surface area contributed by atoms with Crippen molar-refractivity contribution in [3.8, 4) is 0 Å². The summed E-state index contributed by atoms with van der Waals surface area (Å²) in [6.45, 7) is 3.52. The molecule has 3 amide bonds. The summed E-state index contributed by atoms with van der Waals surface area (Å²) in [7, 11) is 0. The van der Waals surface area contributed by atoms with Crippen LogP contribution in [0.4, 0.5) is 10.5 Å². The molecule has 5 N–H and O–H groups in total. The minimum absolute atomic E-state index is 0.0618. The number of nitrogens with one attached hydrogen (secondary N) is 2. The molecule has 0 saturated heterocycles. The van der Waals surface area contributed by atoms with E-state index in [-0.39, 0.29) is 11.5 Å². The van der Waals surface area contributed by atoms with Crippen LogP contribution in [-0.2, 0) is 4.79 Å². The third kappa shape index (κ3) is 4.27. The summed E-state index contributed by atoms with van der Waals surface area (Å²) in [4.78, 5) is 33.8. The number of nitrogens with two attached hydrogens (primary N) is 1. The molecule has 0 fully saturated rings. The maximum Gasteiger partial charge on any atom is 0.335 e. The number of amides is 3. The zero-order valence-electron chi connectivity index (χ0n) is 11.2. The standard InChI is InChI=1S/C13H17N3O4/c1-7(2)10(16-13(14)20)11(17)15-9-5-3-4-8(6-9)12(18)19/h3-7,10H,1-2H3,(H,15,17)(H,18,19)(H3,14,16,20). The van der Waals surface area contributed by atoms with E-state index in [2.05, 4.69) is 10.6 Å². The Kier molecular flexibility index (Phi) is 5.08. The van der Waals surface area contributed by atoms with Crippen LogP contribution in [0.25, 0.3) is 0 Å². The number of hydrogen-bond acceptors (Lipinski definition) is 3. The predicted octanol–water partition coefficient (Wildman–Crippen LogP) is 1.02. The van der Waals surface area contributed by atoms with Crippen molar-refractivity contribution in [2.24, 2.45) is 11.7 Å². The number of anilines is 1. The number of primary amides is 1. The second-order valence-electron chi connectivity index (χ2n) is 4.61. The van der Waals surface area contributed by atoms with Crippen LogP contribution >= 0.6 is 0 Å². The number of carboxylic acid groups (broad SMARTS) is 1. The fourth-order valence-corrected chi connectivity index (χ4v) is 1.64. The molecule has 0 aliphatic carbocycles. The lowest BCUT2D eigenvalue weighted by molar-refractivity contribution is -0.118. The minimum Gasteiger partial charge on any atom is -0.478 e. The fraction of sp³-hybridized carbons (Fsp3) is 0.308. The number of aromatic carboxylic acids is 1. The van der Waals surface area contributed by atoms with E-state index in [9.17, 15) is 14.4 Å². The van der Waals surface area contributed by atoms with Crippen molar-refractivity contribution in [1.29, 1.82) is 0 Å². The summed E-state index contributed by atoms with van der Waals surface area (Å²) in [5.41, 5.74) is 5.42. The van der Waals surface area contributed by atoms with Crippen LogP contribution in [0.15, 0.2) is 24.3 Å². The molecule has 108 valence electrons. The van der Waals surface area contributed by atoms with Gasteiger partial charge in [0.2, 0.25) is 5.91 Å². The Bertz CT molecular complexity index is 528. The van der Waals surface area contributed by atoms with Crippen LogP contribution in [-0.4, -0.2) is 29.1 Å². The lowest BCUT2D eigenvalue weighted by atomic mass is 10.0. The molecule has 0 saturated carbocycles. The Morgan fingerprint density at radius 2 is 1.90 bits per heavy atom. The molecule has 0 spiro atoms. The van der Waals surface area contributed by atoms with Gasteiger partial charge in [-0.1, -0.05) is 19.9 Å². The van der Waals surface area contributed by atoms with E-state index in [1.165, 1.54) is 18.2 Å². The molecule has 0 aliphatic rings. The second-order valence-corrected chi connectivity index (χ2v) is 4.61. The first-order valence-electron chi connectivity index (χ1n) is 6.01. The first kappa shape index (κ1) is 15.5. The third-order valence-electron chi connectivity index (χ3n) is 2.62. The Morgan fingerprint density at radius 3 is 2.40 bits per heavy atom. The lowest BCUT2D eigenvalue weighted by Gasteiger charge is -2.20. The maximum absolute atomic E-state index is 12.0. The van der Waals surface area contributed by atoms with Gasteiger partial charge in [0.25, 0.3) is 0 Å². The Morgan fingerprint density at radius 1 is 1.25 bits per heavy atom. The van der Waals surface area contributed by atoms with Crippen LogP contribution in [0.3, 0.4) is 0 Å². The molecular weight excluding hydrogens is 262 g/mol.